The maximum Gasteiger partial charge on any atom is 0.359 e. The average molecular weight is 521 g/mol. The zero-order valence-corrected chi connectivity index (χ0v) is 23.0. The highest BCUT2D eigenvalue weighted by molar-refractivity contribution is 6.01. The second kappa shape index (κ2) is 12.5. The van der Waals surface area contributed by atoms with Gasteiger partial charge in [-0.15, -0.1) is 0 Å². The molecule has 0 aliphatic heterocycles. The largest absolute Gasteiger partial charge is 0.461 e. The van der Waals surface area contributed by atoms with Gasteiger partial charge in [0.1, 0.15) is 11.4 Å². The second-order valence-corrected chi connectivity index (χ2v) is 9.75. The van der Waals surface area contributed by atoms with E-state index in [1.54, 1.807) is 24.5 Å². The van der Waals surface area contributed by atoms with Crippen molar-refractivity contribution in [3.05, 3.63) is 76.9 Å². The third kappa shape index (κ3) is 6.88. The molecule has 0 N–H and O–H groups in total. The standard InChI is InChI=1S/C30H36N2O6/c1-7-12-24-31-25(28(34)36-8-2)26(29(35)37-9-3)32(24)19-20-15-17-21(18-16-20)22-13-10-11-14-23(22)27(33)38-30(4,5)6/h10-11,13-18H,7-9,12,19H2,1-6H3. The van der Waals surface area contributed by atoms with Crippen molar-refractivity contribution in [2.24, 2.45) is 0 Å². The molecule has 3 aromatic rings. The first-order valence-electron chi connectivity index (χ1n) is 12.9. The molecule has 0 saturated heterocycles. The number of benzene rings is 2. The topological polar surface area (TPSA) is 96.7 Å². The van der Waals surface area contributed by atoms with Crippen molar-refractivity contribution in [1.29, 1.82) is 0 Å². The fraction of sp³-hybridized carbons (Fsp3) is 0.400. The SMILES string of the molecule is CCCc1nc(C(=O)OCC)c(C(=O)OCC)n1Cc1ccc(-c2ccccc2C(=O)OC(C)(C)C)cc1. The van der Waals surface area contributed by atoms with Crippen molar-refractivity contribution in [1.82, 2.24) is 9.55 Å². The minimum atomic E-state index is -0.652. The highest BCUT2D eigenvalue weighted by atomic mass is 16.6. The zero-order chi connectivity index (χ0) is 27.9. The Morgan fingerprint density at radius 3 is 2.08 bits per heavy atom. The summed E-state index contributed by atoms with van der Waals surface area (Å²) in [5.74, 6) is -1.04. The lowest BCUT2D eigenvalue weighted by atomic mass is 9.98. The Bertz CT molecular complexity index is 1290. The molecule has 0 unspecified atom stereocenters. The van der Waals surface area contributed by atoms with Gasteiger partial charge in [0.05, 0.1) is 18.8 Å². The number of aryl methyl sites for hydroxylation is 1. The molecule has 1 heterocycles. The van der Waals surface area contributed by atoms with E-state index in [4.69, 9.17) is 14.2 Å². The van der Waals surface area contributed by atoms with Crippen molar-refractivity contribution in [2.45, 2.75) is 66.5 Å². The number of hydrogen-bond donors (Lipinski definition) is 0. The summed E-state index contributed by atoms with van der Waals surface area (Å²) in [4.78, 5) is 42.8. The molecule has 1 aromatic heterocycles. The fourth-order valence-corrected chi connectivity index (χ4v) is 4.05. The van der Waals surface area contributed by atoms with Crippen LogP contribution in [-0.2, 0) is 27.2 Å². The molecule has 8 nitrogen and oxygen atoms in total. The van der Waals surface area contributed by atoms with Gasteiger partial charge >= 0.3 is 17.9 Å². The molecule has 0 fully saturated rings. The molecule has 0 saturated carbocycles. The molecular weight excluding hydrogens is 484 g/mol. The predicted molar refractivity (Wildman–Crippen MR) is 144 cm³/mol. The van der Waals surface area contributed by atoms with Gasteiger partial charge in [0.2, 0.25) is 0 Å². The summed E-state index contributed by atoms with van der Waals surface area (Å²) < 4.78 is 17.7. The zero-order valence-electron chi connectivity index (χ0n) is 23.0. The minimum absolute atomic E-state index is 0.0309. The van der Waals surface area contributed by atoms with Crippen LogP contribution in [0.25, 0.3) is 11.1 Å². The highest BCUT2D eigenvalue weighted by Crippen LogP contribution is 2.27. The lowest BCUT2D eigenvalue weighted by molar-refractivity contribution is 0.00699. The van der Waals surface area contributed by atoms with E-state index in [0.29, 0.717) is 24.4 Å². The summed E-state index contributed by atoms with van der Waals surface area (Å²) in [5.41, 5.74) is 2.45. The van der Waals surface area contributed by atoms with Crippen LogP contribution in [0.4, 0.5) is 0 Å². The first-order chi connectivity index (χ1) is 18.1. The van der Waals surface area contributed by atoms with Crippen LogP contribution in [0.15, 0.2) is 48.5 Å². The van der Waals surface area contributed by atoms with Gasteiger partial charge in [0.25, 0.3) is 0 Å². The van der Waals surface area contributed by atoms with Crippen LogP contribution in [0, 0.1) is 0 Å². The Hall–Kier alpha value is -3.94. The normalized spacial score (nSPS) is 11.2. The van der Waals surface area contributed by atoms with Crippen molar-refractivity contribution < 1.29 is 28.6 Å². The van der Waals surface area contributed by atoms with Gasteiger partial charge < -0.3 is 18.8 Å². The van der Waals surface area contributed by atoms with Crippen molar-refractivity contribution in [3.63, 3.8) is 0 Å². The highest BCUT2D eigenvalue weighted by Gasteiger charge is 2.29. The van der Waals surface area contributed by atoms with Gasteiger partial charge in [-0.25, -0.2) is 19.4 Å². The van der Waals surface area contributed by atoms with E-state index >= 15 is 0 Å². The second-order valence-electron chi connectivity index (χ2n) is 9.75. The van der Waals surface area contributed by atoms with Crippen LogP contribution in [0.5, 0.6) is 0 Å². The Morgan fingerprint density at radius 1 is 0.842 bits per heavy atom. The number of esters is 3. The summed E-state index contributed by atoms with van der Waals surface area (Å²) in [7, 11) is 0. The molecule has 3 rings (SSSR count). The Morgan fingerprint density at radius 2 is 1.47 bits per heavy atom. The van der Waals surface area contributed by atoms with E-state index in [1.165, 1.54) is 0 Å². The number of hydrogen-bond acceptors (Lipinski definition) is 7. The summed E-state index contributed by atoms with van der Waals surface area (Å²) >= 11 is 0. The fourth-order valence-electron chi connectivity index (χ4n) is 4.05. The van der Waals surface area contributed by atoms with Gasteiger partial charge in [-0.05, 0) is 63.8 Å². The van der Waals surface area contributed by atoms with E-state index in [2.05, 4.69) is 4.98 Å². The lowest BCUT2D eigenvalue weighted by Gasteiger charge is -2.20. The number of carbonyl (C=O) groups is 3. The van der Waals surface area contributed by atoms with Gasteiger partial charge in [0.15, 0.2) is 11.4 Å². The summed E-state index contributed by atoms with van der Waals surface area (Å²) in [5, 5.41) is 0. The van der Waals surface area contributed by atoms with E-state index < -0.39 is 17.5 Å². The van der Waals surface area contributed by atoms with Crippen LogP contribution in [-0.4, -0.2) is 46.3 Å². The molecule has 8 heteroatoms. The quantitative estimate of drug-likeness (QED) is 0.244. The van der Waals surface area contributed by atoms with Crippen LogP contribution < -0.4 is 0 Å². The molecule has 0 radical (unpaired) electrons. The Labute approximate surface area is 223 Å². The van der Waals surface area contributed by atoms with Crippen LogP contribution >= 0.6 is 0 Å². The first kappa shape index (κ1) is 28.6. The summed E-state index contributed by atoms with van der Waals surface area (Å²) in [6.07, 6.45) is 1.36. The molecule has 38 heavy (non-hydrogen) atoms. The van der Waals surface area contributed by atoms with E-state index in [0.717, 1.165) is 23.1 Å². The van der Waals surface area contributed by atoms with Crippen LogP contribution in [0.3, 0.4) is 0 Å². The van der Waals surface area contributed by atoms with E-state index in [-0.39, 0.29) is 30.6 Å². The average Bonchev–Trinajstić information content (AvgIpc) is 3.22. The molecule has 0 aliphatic carbocycles. The number of aromatic nitrogens is 2. The number of rotatable bonds is 10. The molecule has 0 spiro atoms. The third-order valence-electron chi connectivity index (χ3n) is 5.61. The molecule has 0 amide bonds. The van der Waals surface area contributed by atoms with Crippen molar-refractivity contribution in [3.8, 4) is 11.1 Å². The van der Waals surface area contributed by atoms with E-state index in [9.17, 15) is 14.4 Å². The summed E-state index contributed by atoms with van der Waals surface area (Å²) in [6.45, 7) is 11.6. The monoisotopic (exact) mass is 520 g/mol. The summed E-state index contributed by atoms with van der Waals surface area (Å²) in [6, 6.07) is 15.0. The van der Waals surface area contributed by atoms with Gasteiger partial charge in [-0.1, -0.05) is 49.4 Å². The first-order valence-corrected chi connectivity index (χ1v) is 12.9. The van der Waals surface area contributed by atoms with Gasteiger partial charge in [-0.2, -0.15) is 0 Å². The maximum absolute atomic E-state index is 12.9. The van der Waals surface area contributed by atoms with Gasteiger partial charge in [-0.3, -0.25) is 0 Å². The smallest absolute Gasteiger partial charge is 0.359 e. The maximum atomic E-state index is 12.9. The molecule has 202 valence electrons. The molecule has 2 aromatic carbocycles. The molecule has 0 bridgehead atoms. The lowest BCUT2D eigenvalue weighted by Crippen LogP contribution is -2.24. The Balaban J connectivity index is 1.99. The van der Waals surface area contributed by atoms with Gasteiger partial charge in [0, 0.05) is 13.0 Å². The van der Waals surface area contributed by atoms with E-state index in [1.807, 2.05) is 70.2 Å². The number of imidazole rings is 1. The van der Waals surface area contributed by atoms with Crippen molar-refractivity contribution in [2.75, 3.05) is 13.2 Å². The molecular formula is C30H36N2O6. The van der Waals surface area contributed by atoms with Crippen molar-refractivity contribution >= 4 is 17.9 Å². The van der Waals surface area contributed by atoms with Crippen LogP contribution in [0.2, 0.25) is 0 Å². The third-order valence-corrected chi connectivity index (χ3v) is 5.61. The minimum Gasteiger partial charge on any atom is -0.461 e. The predicted octanol–water partition coefficient (Wildman–Crippen LogP) is 5.86. The van der Waals surface area contributed by atoms with Crippen LogP contribution in [0.1, 0.15) is 90.7 Å². The number of nitrogens with zero attached hydrogens (tertiary/aromatic N) is 2. The molecule has 0 aliphatic rings. The number of ether oxygens (including phenoxy) is 3. The molecule has 0 atom stereocenters. The Kier molecular flexibility index (Phi) is 9.45. The number of carbonyl (C=O) groups excluding carboxylic acids is 3.